The topological polar surface area (TPSA) is 484 Å². The smallest absolute Gasteiger partial charge is 0.294 e. The third-order valence-electron chi connectivity index (χ3n) is 22.4. The fourth-order valence-corrected chi connectivity index (χ4v) is 22.0. The van der Waals surface area contributed by atoms with Gasteiger partial charge in [0, 0.05) is 20.1 Å². The van der Waals surface area contributed by atoms with Gasteiger partial charge in [0.1, 0.15) is 86.0 Å². The molecule has 6 aromatic rings. The lowest BCUT2D eigenvalue weighted by molar-refractivity contribution is -0.759. The molecule has 0 aromatic carbocycles. The second-order valence-electron chi connectivity index (χ2n) is 30.1. The van der Waals surface area contributed by atoms with Crippen LogP contribution in [0.4, 0.5) is 11.6 Å². The molecule has 11 heterocycles. The first-order chi connectivity index (χ1) is 52.2. The number of aromatic nitrogens is 12. The van der Waals surface area contributed by atoms with Gasteiger partial charge in [-0.1, -0.05) is 53.1 Å². The van der Waals surface area contributed by atoms with E-state index >= 15 is 0 Å². The number of ether oxygens (including phenoxy) is 7. The van der Waals surface area contributed by atoms with Crippen LogP contribution in [0.5, 0.6) is 0 Å². The van der Waals surface area contributed by atoms with E-state index in [1.54, 1.807) is 30.5 Å². The van der Waals surface area contributed by atoms with Gasteiger partial charge in [-0.2, -0.15) is 0 Å². The Labute approximate surface area is 643 Å². The summed E-state index contributed by atoms with van der Waals surface area (Å²) >= 11 is 6.03. The van der Waals surface area contributed by atoms with Crippen LogP contribution in [0.3, 0.4) is 0 Å². The molecule has 20 atom stereocenters. The number of nitrogens with two attached hydrogens (primary N) is 2. The highest BCUT2D eigenvalue weighted by molar-refractivity contribution is 6.74. The number of nitrogens with one attached hydrogen (secondary N) is 2. The van der Waals surface area contributed by atoms with Gasteiger partial charge in [0.25, 0.3) is 5.09 Å². The van der Waals surface area contributed by atoms with E-state index in [0.717, 1.165) is 75.9 Å². The van der Waals surface area contributed by atoms with Crippen molar-refractivity contribution in [1.82, 2.24) is 58.6 Å². The van der Waals surface area contributed by atoms with Gasteiger partial charge >= 0.3 is 0 Å². The second kappa shape index (κ2) is 38.1. The van der Waals surface area contributed by atoms with Gasteiger partial charge in [0.15, 0.2) is 91.7 Å². The summed E-state index contributed by atoms with van der Waals surface area (Å²) in [5.41, 5.74) is 14.6. The van der Waals surface area contributed by atoms with Crippen LogP contribution < -0.4 is 22.1 Å². The van der Waals surface area contributed by atoms with E-state index in [1.807, 2.05) is 32.3 Å². The van der Waals surface area contributed by atoms with Crippen molar-refractivity contribution in [2.75, 3.05) is 37.1 Å². The molecule has 13 N–H and O–H groups in total. The molecule has 0 spiro atoms. The molecule has 39 heteroatoms. The Morgan fingerprint density at radius 1 is 0.532 bits per heavy atom. The third kappa shape index (κ3) is 19.8. The van der Waals surface area contributed by atoms with Crippen LogP contribution in [0.15, 0.2) is 38.0 Å². The molecule has 36 nitrogen and oxygen atoms in total. The Morgan fingerprint density at radius 3 is 1.38 bits per heavy atom. The van der Waals surface area contributed by atoms with E-state index < -0.39 is 95.2 Å². The molecule has 9 fully saturated rings. The summed E-state index contributed by atoms with van der Waals surface area (Å²) in [7, 11) is -3.10. The Kier molecular flexibility index (Phi) is 30.0. The van der Waals surface area contributed by atoms with Gasteiger partial charge in [0.05, 0.1) is 68.7 Å². The van der Waals surface area contributed by atoms with Crippen LogP contribution in [0, 0.1) is 10.1 Å². The molecule has 4 aliphatic carbocycles. The summed E-state index contributed by atoms with van der Waals surface area (Å²) in [6, 6.07) is 7.60. The number of anilines is 2. The van der Waals surface area contributed by atoms with E-state index in [9.17, 15) is 35.6 Å². The number of halogens is 1. The molecule has 6 aromatic heterocycles. The zero-order valence-corrected chi connectivity index (χ0v) is 67.2. The number of rotatable bonds is 22. The summed E-state index contributed by atoms with van der Waals surface area (Å²) in [4.78, 5) is 53.3. The summed E-state index contributed by atoms with van der Waals surface area (Å²) in [6.07, 6.45) is 12.9. The highest BCUT2D eigenvalue weighted by Crippen LogP contribution is 2.46. The van der Waals surface area contributed by atoms with Gasteiger partial charge < -0.3 is 105 Å². The molecular formula is C70H118ClN17O19Si2. The van der Waals surface area contributed by atoms with E-state index in [2.05, 4.69) is 102 Å². The van der Waals surface area contributed by atoms with Gasteiger partial charge in [-0.15, -0.1) is 10.1 Å². The second-order valence-corrected chi connectivity index (χ2v) is 39.9. The first-order valence-electron chi connectivity index (χ1n) is 38.8. The van der Waals surface area contributed by atoms with Gasteiger partial charge in [-0.3, -0.25) is 13.7 Å². The number of hydrogen-bond acceptors (Lipinski definition) is 32. The third-order valence-corrected chi connectivity index (χ3v) is 32.0. The first kappa shape index (κ1) is 85.9. The maximum Gasteiger partial charge on any atom is 0.294 e. The molecular weight excluding hydrogens is 1470 g/mol. The first-order valence-corrected chi connectivity index (χ1v) is 44.2. The quantitative estimate of drug-likeness (QED) is 0.0150. The Bertz CT molecular complexity index is 3830. The number of hydrogen-bond donors (Lipinski definition) is 11. The standard InChI is InChI=1S/C24H39N5O5Si.C15H20N6O7.C13H15ClN4O4.C11H25NOSi.C5H11NO.C2H6O.H2/c1-6-35(7-2,8-3)34-16-11-9-10-15(16)28-21-18-22(26-13-25-21)29(14-27-18)23-20-19(17(12-30)31-23)32-24(4,5)33-20;22-8-3-1-2-7(8)19-13-10-14(17-5-16-13)20(6-18-10)15-12(24)11(23)9(28-15)4-27-21(25)26;1-13(2)21-8-6(3-19)20-12(9(8)22-13)18-5-17-7-10(14)15-4-16-11(7)18;1-4-14(5-2,6-3)13-11-9-7-8-10(11)12;6-4-2-1-3-5(4)7;1-2-3;/h13-17,19-20,23,30H,6-12H2,1-5H3,(H,25,26,28);5-9,11-12,15,22-24H,1-4H2,(H,16,17,19);4-6,8-9,12,19H,3H2,1-2H3;10-11H,4-9,12H2,1-3H3;4-5,7H,1-3,6H2;3H,2H2,1H3;1H/i;;;;;;1+1. The predicted octanol–water partition coefficient (Wildman–Crippen LogP) is 6.45. The van der Waals surface area contributed by atoms with Crippen LogP contribution in [-0.2, 0) is 46.8 Å². The minimum Gasteiger partial charge on any atom is -0.412 e. The zero-order chi connectivity index (χ0) is 78.7. The molecule has 15 rings (SSSR count). The number of aliphatic hydroxyl groups excluding tert-OH is 7. The molecule has 0 radical (unpaired) electrons. The summed E-state index contributed by atoms with van der Waals surface area (Å²) in [6.45, 7) is 22.2. The fourth-order valence-electron chi connectivity index (χ4n) is 16.0. The maximum absolute atomic E-state index is 10.4. The largest absolute Gasteiger partial charge is 0.412 e. The number of aliphatic hydroxyl groups is 7. The van der Waals surface area contributed by atoms with Crippen LogP contribution in [0.1, 0.15) is 173 Å². The lowest BCUT2D eigenvalue weighted by Crippen LogP contribution is -2.44. The molecule has 0 bridgehead atoms. The fraction of sp³-hybridized carbons (Fsp3) is 0.786. The van der Waals surface area contributed by atoms with Crippen LogP contribution >= 0.6 is 11.6 Å². The van der Waals surface area contributed by atoms with Crippen molar-refractivity contribution in [3.63, 3.8) is 0 Å². The molecule has 5 aliphatic heterocycles. The lowest BCUT2D eigenvalue weighted by atomic mass is 10.1. The van der Waals surface area contributed by atoms with E-state index in [-0.39, 0.29) is 81.1 Å². The van der Waals surface area contributed by atoms with Gasteiger partial charge in [-0.05, 0) is 148 Å². The molecule has 4 saturated carbocycles. The minimum atomic E-state index is -1.70. The van der Waals surface area contributed by atoms with Crippen molar-refractivity contribution in [3.8, 4) is 0 Å². The van der Waals surface area contributed by atoms with Gasteiger partial charge in [-0.25, -0.2) is 44.9 Å². The lowest BCUT2D eigenvalue weighted by Gasteiger charge is -2.34. The van der Waals surface area contributed by atoms with Crippen molar-refractivity contribution in [2.45, 2.75) is 323 Å². The van der Waals surface area contributed by atoms with E-state index in [4.69, 9.17) is 75.3 Å². The van der Waals surface area contributed by atoms with E-state index in [0.29, 0.717) is 63.7 Å². The van der Waals surface area contributed by atoms with Crippen molar-refractivity contribution < 1.29 is 89.1 Å². The van der Waals surface area contributed by atoms with Gasteiger partial charge in [0.2, 0.25) is 0 Å². The maximum atomic E-state index is 10.4. The Balaban J connectivity index is 0.000000167. The average Bonchev–Trinajstić information content (AvgIpc) is 1.60. The number of imidazole rings is 3. The average molecular weight is 1590 g/mol. The SMILES string of the molecule is CC1(C)OC2C(CO)OC(n3cnc4c(Cl)ncnc43)C2O1.CCO.CC[Si](CC)(CC)OC1CCCC1N.CC[Si](CC)(CC)OC1CCCC1Nc1ncnc2c1ncn2C1OC(CO)C2OC(C)(C)OC21.NC1CCCC1O.O=[N+]([O-])OCC1OC(n2cnc3c(NC4CCCC4O)ncnc32)C(O)C1O.[2HH]. The molecule has 109 heavy (non-hydrogen) atoms. The van der Waals surface area contributed by atoms with Crippen LogP contribution in [0.2, 0.25) is 41.4 Å². The van der Waals surface area contributed by atoms with Crippen molar-refractivity contribution in [3.05, 3.63) is 53.2 Å². The van der Waals surface area contributed by atoms with Crippen LogP contribution in [0.25, 0.3) is 33.5 Å². The Morgan fingerprint density at radius 2 is 0.936 bits per heavy atom. The summed E-state index contributed by atoms with van der Waals surface area (Å²) in [5, 5.41) is 82.7. The normalized spacial score (nSPS) is 32.0. The molecule has 5 saturated heterocycles. The summed E-state index contributed by atoms with van der Waals surface area (Å²) < 4.78 is 59.8. The molecule has 9 aliphatic rings. The minimum absolute atomic E-state index is 0. The number of nitrogens with zero attached hydrogens (tertiary/aromatic N) is 13. The van der Waals surface area contributed by atoms with E-state index in [1.165, 1.54) is 54.5 Å². The number of fused-ring (bicyclic) bond motifs is 5. The highest BCUT2D eigenvalue weighted by atomic mass is 35.5. The monoisotopic (exact) mass is 1590 g/mol. The van der Waals surface area contributed by atoms with Crippen molar-refractivity contribution in [2.24, 2.45) is 11.5 Å². The zero-order valence-electron chi connectivity index (χ0n) is 64.4. The molecule has 0 amide bonds. The molecule has 20 unspecified atom stereocenters. The summed E-state index contributed by atoms with van der Waals surface area (Å²) in [5.74, 6) is -0.318. The molecule has 612 valence electrons. The van der Waals surface area contributed by atoms with Crippen LogP contribution in [-0.4, -0.2) is 258 Å². The van der Waals surface area contributed by atoms with Crippen molar-refractivity contribution >= 4 is 73.4 Å². The highest BCUT2D eigenvalue weighted by Gasteiger charge is 2.58. The Hall–Kier alpha value is -5.55. The predicted molar refractivity (Wildman–Crippen MR) is 407 cm³/mol. The van der Waals surface area contributed by atoms with Crippen molar-refractivity contribution in [1.29, 1.82) is 0 Å².